The zero-order valence-corrected chi connectivity index (χ0v) is 19.5. The quantitative estimate of drug-likeness (QED) is 0.318. The van der Waals surface area contributed by atoms with Crippen LogP contribution in [0.3, 0.4) is 0 Å². The first-order chi connectivity index (χ1) is 15.0. The topological polar surface area (TPSA) is 92.8 Å². The molecule has 0 aliphatic carbocycles. The van der Waals surface area contributed by atoms with Crippen molar-refractivity contribution in [1.29, 1.82) is 0 Å². The summed E-state index contributed by atoms with van der Waals surface area (Å²) >= 11 is 2.91. The van der Waals surface area contributed by atoms with Gasteiger partial charge in [0.25, 0.3) is 15.9 Å². The Morgan fingerprint density at radius 3 is 2.55 bits per heavy atom. The van der Waals surface area contributed by atoms with Crippen LogP contribution in [0.1, 0.15) is 19.3 Å². The van der Waals surface area contributed by atoms with Crippen LogP contribution in [0.4, 0.5) is 0 Å². The van der Waals surface area contributed by atoms with E-state index in [4.69, 9.17) is 4.74 Å². The number of nitrogens with one attached hydrogen (secondary N) is 1. The number of thioether (sulfide) groups is 1. The van der Waals surface area contributed by atoms with Gasteiger partial charge < -0.3 is 10.1 Å². The third-order valence-corrected chi connectivity index (χ3v) is 9.25. The molecule has 0 radical (unpaired) electrons. The van der Waals surface area contributed by atoms with Crippen LogP contribution in [0.15, 0.2) is 56.9 Å². The highest BCUT2D eigenvalue weighted by molar-refractivity contribution is 7.99. The lowest BCUT2D eigenvalue weighted by molar-refractivity contribution is -0.153. The maximum absolute atomic E-state index is 12.5. The molecule has 3 rings (SSSR count). The number of thiophene rings is 1. The number of hydrogen-bond donors (Lipinski definition) is 1. The van der Waals surface area contributed by atoms with Crippen molar-refractivity contribution in [1.82, 2.24) is 9.62 Å². The molecule has 1 aromatic heterocycles. The summed E-state index contributed by atoms with van der Waals surface area (Å²) in [5, 5.41) is 4.48. The lowest BCUT2D eigenvalue weighted by Crippen LogP contribution is -2.41. The smallest absolute Gasteiger partial charge is 0.309 e. The van der Waals surface area contributed by atoms with E-state index in [1.807, 2.05) is 30.3 Å². The van der Waals surface area contributed by atoms with E-state index in [-0.39, 0.29) is 31.5 Å². The molecule has 168 valence electrons. The van der Waals surface area contributed by atoms with E-state index in [1.165, 1.54) is 20.5 Å². The second-order valence-corrected chi connectivity index (χ2v) is 11.4. The fraction of sp³-hybridized carbons (Fsp3) is 0.429. The van der Waals surface area contributed by atoms with Gasteiger partial charge in [-0.25, -0.2) is 8.42 Å². The molecule has 1 aliphatic rings. The molecule has 0 unspecified atom stereocenters. The minimum atomic E-state index is -3.49. The molecule has 1 N–H and O–H groups in total. The van der Waals surface area contributed by atoms with Crippen molar-refractivity contribution in [3.05, 3.63) is 47.8 Å². The van der Waals surface area contributed by atoms with Gasteiger partial charge in [-0.2, -0.15) is 4.31 Å². The zero-order chi connectivity index (χ0) is 22.1. The molecular weight excluding hydrogens is 456 g/mol. The summed E-state index contributed by atoms with van der Waals surface area (Å²) in [4.78, 5) is 25.3. The Balaban J connectivity index is 1.30. The molecule has 0 spiro atoms. The molecule has 2 heterocycles. The van der Waals surface area contributed by atoms with Crippen LogP contribution in [-0.4, -0.2) is 56.6 Å². The number of rotatable bonds is 10. The van der Waals surface area contributed by atoms with Gasteiger partial charge in [-0.15, -0.1) is 23.1 Å². The lowest BCUT2D eigenvalue weighted by atomic mass is 9.98. The van der Waals surface area contributed by atoms with Crippen LogP contribution in [0, 0.1) is 5.92 Å². The van der Waals surface area contributed by atoms with Gasteiger partial charge in [0.2, 0.25) is 0 Å². The van der Waals surface area contributed by atoms with Crippen molar-refractivity contribution in [2.24, 2.45) is 5.92 Å². The molecule has 1 aliphatic heterocycles. The van der Waals surface area contributed by atoms with Gasteiger partial charge in [0.1, 0.15) is 4.21 Å². The van der Waals surface area contributed by atoms with Crippen LogP contribution in [-0.2, 0) is 24.3 Å². The highest BCUT2D eigenvalue weighted by Gasteiger charge is 2.33. The van der Waals surface area contributed by atoms with E-state index in [0.29, 0.717) is 23.6 Å². The van der Waals surface area contributed by atoms with E-state index < -0.39 is 16.0 Å². The first-order valence-electron chi connectivity index (χ1n) is 10.1. The molecule has 0 atom stereocenters. The molecule has 0 saturated carbocycles. The first-order valence-corrected chi connectivity index (χ1v) is 13.4. The lowest BCUT2D eigenvalue weighted by Gasteiger charge is -2.29. The van der Waals surface area contributed by atoms with Gasteiger partial charge in [-0.05, 0) is 48.6 Å². The Bertz CT molecular complexity index is 941. The Morgan fingerprint density at radius 2 is 1.87 bits per heavy atom. The Kier molecular flexibility index (Phi) is 8.94. The molecule has 7 nitrogen and oxygen atoms in total. The summed E-state index contributed by atoms with van der Waals surface area (Å²) in [7, 11) is -3.49. The third kappa shape index (κ3) is 7.06. The highest BCUT2D eigenvalue weighted by Crippen LogP contribution is 2.26. The molecule has 2 aromatic rings. The van der Waals surface area contributed by atoms with Crippen LogP contribution in [0.25, 0.3) is 0 Å². The van der Waals surface area contributed by atoms with Crippen molar-refractivity contribution in [3.63, 3.8) is 0 Å². The minimum absolute atomic E-state index is 0.269. The molecule has 1 fully saturated rings. The normalized spacial score (nSPS) is 15.5. The number of esters is 1. The third-order valence-electron chi connectivity index (χ3n) is 4.88. The number of carbonyl (C=O) groups excluding carboxylic acids is 2. The van der Waals surface area contributed by atoms with Crippen molar-refractivity contribution in [3.8, 4) is 0 Å². The summed E-state index contributed by atoms with van der Waals surface area (Å²) < 4.78 is 31.9. The average molecular weight is 483 g/mol. The molecule has 1 aromatic carbocycles. The average Bonchev–Trinajstić information content (AvgIpc) is 3.34. The maximum atomic E-state index is 12.5. The number of piperidine rings is 1. The van der Waals surface area contributed by atoms with Gasteiger partial charge >= 0.3 is 5.97 Å². The molecular formula is C21H26N2O5S3. The van der Waals surface area contributed by atoms with Crippen molar-refractivity contribution in [2.75, 3.05) is 32.0 Å². The summed E-state index contributed by atoms with van der Waals surface area (Å²) in [6.45, 7) is 0.754. The van der Waals surface area contributed by atoms with Crippen LogP contribution < -0.4 is 5.32 Å². The highest BCUT2D eigenvalue weighted by atomic mass is 32.2. The number of nitrogens with zero attached hydrogens (tertiary/aromatic N) is 1. The SMILES string of the molecule is O=C(COC(=O)C1CCN(S(=O)(=O)c2cccs2)CC1)NCCCSc1ccccc1. The molecule has 0 bridgehead atoms. The summed E-state index contributed by atoms with van der Waals surface area (Å²) in [6.07, 6.45) is 1.60. The van der Waals surface area contributed by atoms with Crippen molar-refractivity contribution >= 4 is 45.0 Å². The number of hydrogen-bond acceptors (Lipinski definition) is 7. The zero-order valence-electron chi connectivity index (χ0n) is 17.1. The number of carbonyl (C=O) groups is 2. The fourth-order valence-corrected chi connectivity index (χ4v) is 6.67. The standard InChI is InChI=1S/C21H26N2O5S3/c24-19(22-11-5-15-29-18-6-2-1-3-7-18)16-28-21(25)17-9-12-23(13-10-17)31(26,27)20-8-4-14-30-20/h1-4,6-8,14,17H,5,9-13,15-16H2,(H,22,24). The summed E-state index contributed by atoms with van der Waals surface area (Å²) in [5.74, 6) is -0.264. The van der Waals surface area contributed by atoms with Gasteiger partial charge in [-0.1, -0.05) is 24.3 Å². The predicted molar refractivity (Wildman–Crippen MR) is 122 cm³/mol. The van der Waals surface area contributed by atoms with Gasteiger partial charge in [0.15, 0.2) is 6.61 Å². The van der Waals surface area contributed by atoms with Crippen LogP contribution >= 0.6 is 23.1 Å². The van der Waals surface area contributed by atoms with E-state index in [2.05, 4.69) is 5.32 Å². The monoisotopic (exact) mass is 482 g/mol. The predicted octanol–water partition coefficient (Wildman–Crippen LogP) is 2.99. The molecule has 10 heteroatoms. The van der Waals surface area contributed by atoms with Crippen molar-refractivity contribution < 1.29 is 22.7 Å². The Morgan fingerprint density at radius 1 is 1.13 bits per heavy atom. The van der Waals surface area contributed by atoms with E-state index >= 15 is 0 Å². The van der Waals surface area contributed by atoms with E-state index in [9.17, 15) is 18.0 Å². The maximum Gasteiger partial charge on any atom is 0.309 e. The van der Waals surface area contributed by atoms with E-state index in [0.717, 1.165) is 12.2 Å². The van der Waals surface area contributed by atoms with Gasteiger partial charge in [0.05, 0.1) is 5.92 Å². The van der Waals surface area contributed by atoms with Crippen LogP contribution in [0.5, 0.6) is 0 Å². The molecule has 31 heavy (non-hydrogen) atoms. The number of amides is 1. The van der Waals surface area contributed by atoms with Crippen molar-refractivity contribution in [2.45, 2.75) is 28.4 Å². The number of sulfonamides is 1. The van der Waals surface area contributed by atoms with E-state index in [1.54, 1.807) is 29.3 Å². The first kappa shape index (κ1) is 23.8. The van der Waals surface area contributed by atoms with Gasteiger partial charge in [-0.3, -0.25) is 9.59 Å². The summed E-state index contributed by atoms with van der Waals surface area (Å²) in [6, 6.07) is 13.3. The Labute approximate surface area is 191 Å². The Hall–Kier alpha value is -1.88. The second kappa shape index (κ2) is 11.7. The largest absolute Gasteiger partial charge is 0.455 e. The van der Waals surface area contributed by atoms with Gasteiger partial charge in [0, 0.05) is 24.5 Å². The van der Waals surface area contributed by atoms with Crippen LogP contribution in [0.2, 0.25) is 0 Å². The fourth-order valence-electron chi connectivity index (χ4n) is 3.18. The minimum Gasteiger partial charge on any atom is -0.455 e. The molecule has 1 saturated heterocycles. The number of benzene rings is 1. The number of ether oxygens (including phenoxy) is 1. The summed E-state index contributed by atoms with van der Waals surface area (Å²) in [5.41, 5.74) is 0. The molecule has 1 amide bonds. The second-order valence-electron chi connectivity index (χ2n) is 7.08.